The number of hydrogen-bond donors (Lipinski definition) is 2. The number of halogens is 1. The predicted octanol–water partition coefficient (Wildman–Crippen LogP) is 4.07. The van der Waals surface area contributed by atoms with Crippen molar-refractivity contribution in [1.82, 2.24) is 4.57 Å². The molecule has 0 amide bonds. The number of nitrogens with zero attached hydrogens (tertiary/aromatic N) is 1. The number of carboxylic acid groups (broad SMARTS) is 1. The molecule has 3 aromatic rings. The molecular formula is C24H28ClNO6. The minimum atomic E-state index is -0.995. The number of aryl methyl sites for hydroxylation is 1. The van der Waals surface area contributed by atoms with E-state index in [1.165, 1.54) is 0 Å². The number of aromatic nitrogens is 1. The lowest BCUT2D eigenvalue weighted by molar-refractivity contribution is -0.153. The number of ether oxygens (including phenoxy) is 3. The lowest BCUT2D eigenvalue weighted by Crippen LogP contribution is -2.29. The standard InChI is InChI=1S/C24H28ClNO6/c1-15(2)32-23(24(28)29)9-16-12-26(3)22-8-7-20(11-21(16)22)31-14-18(27)13-30-19-6-4-5-17(25)10-19/h4-8,10-12,15,18,23,27H,9,13-14H2,1-3H3,(H,28,29). The lowest BCUT2D eigenvalue weighted by atomic mass is 10.1. The second-order valence-corrected chi connectivity index (χ2v) is 8.33. The molecule has 0 radical (unpaired) electrons. The summed E-state index contributed by atoms with van der Waals surface area (Å²) < 4.78 is 18.8. The molecule has 0 saturated carbocycles. The van der Waals surface area contributed by atoms with Crippen LogP contribution in [-0.2, 0) is 23.0 Å². The van der Waals surface area contributed by atoms with E-state index in [2.05, 4.69) is 0 Å². The zero-order chi connectivity index (χ0) is 23.3. The number of carbonyl (C=O) groups is 1. The van der Waals surface area contributed by atoms with E-state index in [4.69, 9.17) is 25.8 Å². The van der Waals surface area contributed by atoms with Crippen LogP contribution in [0.1, 0.15) is 19.4 Å². The number of aliphatic carboxylic acids is 1. The highest BCUT2D eigenvalue weighted by Crippen LogP contribution is 2.27. The summed E-state index contributed by atoms with van der Waals surface area (Å²) in [7, 11) is 1.91. The first kappa shape index (κ1) is 23.9. The molecule has 1 heterocycles. The third kappa shape index (κ3) is 6.38. The number of carboxylic acids is 1. The van der Waals surface area contributed by atoms with Gasteiger partial charge in [-0.05, 0) is 55.8 Å². The highest BCUT2D eigenvalue weighted by Gasteiger charge is 2.22. The molecular weight excluding hydrogens is 434 g/mol. The molecule has 0 aliphatic carbocycles. The number of rotatable bonds is 11. The molecule has 172 valence electrons. The fraction of sp³-hybridized carbons (Fsp3) is 0.375. The first-order valence-electron chi connectivity index (χ1n) is 10.4. The number of fused-ring (bicyclic) bond motifs is 1. The molecule has 0 fully saturated rings. The van der Waals surface area contributed by atoms with Gasteiger partial charge in [0.25, 0.3) is 0 Å². The van der Waals surface area contributed by atoms with Crippen LogP contribution in [0.5, 0.6) is 11.5 Å². The van der Waals surface area contributed by atoms with E-state index in [-0.39, 0.29) is 25.7 Å². The molecule has 1 aromatic heterocycles. The molecule has 8 heteroatoms. The van der Waals surface area contributed by atoms with Crippen molar-refractivity contribution in [2.45, 2.75) is 38.6 Å². The van der Waals surface area contributed by atoms with E-state index in [0.29, 0.717) is 16.5 Å². The van der Waals surface area contributed by atoms with Gasteiger partial charge in [0.05, 0.1) is 6.10 Å². The summed E-state index contributed by atoms with van der Waals surface area (Å²) in [5, 5.41) is 21.2. The van der Waals surface area contributed by atoms with Crippen LogP contribution in [0, 0.1) is 0 Å². The average molecular weight is 462 g/mol. The normalized spacial score (nSPS) is 13.3. The summed E-state index contributed by atoms with van der Waals surface area (Å²) in [5.41, 5.74) is 1.80. The van der Waals surface area contributed by atoms with Crippen molar-refractivity contribution in [3.63, 3.8) is 0 Å². The number of aliphatic hydroxyl groups excluding tert-OH is 1. The summed E-state index contributed by atoms with van der Waals surface area (Å²) in [6.07, 6.45) is 0.179. The van der Waals surface area contributed by atoms with Crippen LogP contribution in [0.2, 0.25) is 5.02 Å². The second-order valence-electron chi connectivity index (χ2n) is 7.89. The van der Waals surface area contributed by atoms with Gasteiger partial charge in [-0.25, -0.2) is 4.79 Å². The van der Waals surface area contributed by atoms with Crippen molar-refractivity contribution in [1.29, 1.82) is 0 Å². The van der Waals surface area contributed by atoms with Crippen molar-refractivity contribution in [2.75, 3.05) is 13.2 Å². The predicted molar refractivity (Wildman–Crippen MR) is 123 cm³/mol. The van der Waals surface area contributed by atoms with Crippen molar-refractivity contribution in [2.24, 2.45) is 7.05 Å². The summed E-state index contributed by atoms with van der Waals surface area (Å²) in [4.78, 5) is 11.6. The van der Waals surface area contributed by atoms with Crippen LogP contribution in [0.25, 0.3) is 10.9 Å². The van der Waals surface area contributed by atoms with E-state index in [9.17, 15) is 15.0 Å². The highest BCUT2D eigenvalue weighted by molar-refractivity contribution is 6.30. The summed E-state index contributed by atoms with van der Waals surface area (Å²) >= 11 is 5.93. The molecule has 32 heavy (non-hydrogen) atoms. The first-order valence-corrected chi connectivity index (χ1v) is 10.8. The van der Waals surface area contributed by atoms with Crippen LogP contribution in [-0.4, -0.2) is 52.3 Å². The molecule has 0 saturated heterocycles. The van der Waals surface area contributed by atoms with E-state index in [0.717, 1.165) is 16.5 Å². The third-order valence-corrected chi connectivity index (χ3v) is 5.08. The molecule has 0 bridgehead atoms. The van der Waals surface area contributed by atoms with Crippen molar-refractivity contribution in [3.05, 3.63) is 59.2 Å². The average Bonchev–Trinajstić information content (AvgIpc) is 3.04. The summed E-state index contributed by atoms with van der Waals surface area (Å²) in [6.45, 7) is 3.73. The number of aliphatic hydroxyl groups is 1. The minimum absolute atomic E-state index is 0.0441. The van der Waals surface area contributed by atoms with Gasteiger partial charge in [-0.3, -0.25) is 0 Å². The maximum Gasteiger partial charge on any atom is 0.333 e. The maximum atomic E-state index is 11.6. The fourth-order valence-corrected chi connectivity index (χ4v) is 3.60. The van der Waals surface area contributed by atoms with E-state index in [1.54, 1.807) is 24.3 Å². The molecule has 7 nitrogen and oxygen atoms in total. The van der Waals surface area contributed by atoms with E-state index in [1.807, 2.05) is 49.9 Å². The number of benzene rings is 2. The third-order valence-electron chi connectivity index (χ3n) is 4.84. The Morgan fingerprint density at radius 3 is 2.41 bits per heavy atom. The van der Waals surface area contributed by atoms with Gasteiger partial charge in [0.2, 0.25) is 0 Å². The smallest absolute Gasteiger partial charge is 0.333 e. The Morgan fingerprint density at radius 2 is 1.78 bits per heavy atom. The molecule has 3 rings (SSSR count). The molecule has 2 N–H and O–H groups in total. The van der Waals surface area contributed by atoms with E-state index < -0.39 is 18.2 Å². The van der Waals surface area contributed by atoms with Gasteiger partial charge in [-0.1, -0.05) is 17.7 Å². The quantitative estimate of drug-likeness (QED) is 0.447. The van der Waals surface area contributed by atoms with Gasteiger partial charge in [-0.2, -0.15) is 0 Å². The fourth-order valence-electron chi connectivity index (χ4n) is 3.42. The summed E-state index contributed by atoms with van der Waals surface area (Å²) in [5.74, 6) is 0.151. The highest BCUT2D eigenvalue weighted by atomic mass is 35.5. The summed E-state index contributed by atoms with van der Waals surface area (Å²) in [6, 6.07) is 12.5. The Balaban J connectivity index is 1.66. The van der Waals surface area contributed by atoms with Crippen molar-refractivity contribution < 1.29 is 29.2 Å². The van der Waals surface area contributed by atoms with Gasteiger partial charge in [-0.15, -0.1) is 0 Å². The van der Waals surface area contributed by atoms with Crippen molar-refractivity contribution in [3.8, 4) is 11.5 Å². The Hall–Kier alpha value is -2.74. The van der Waals surface area contributed by atoms with Gasteiger partial charge in [0.1, 0.15) is 30.8 Å². The molecule has 2 unspecified atom stereocenters. The SMILES string of the molecule is CC(C)OC(Cc1cn(C)c2ccc(OCC(O)COc3cccc(Cl)c3)cc12)C(=O)O. The molecule has 2 aromatic carbocycles. The molecule has 2 atom stereocenters. The van der Waals surface area contributed by atoms with Gasteiger partial charge >= 0.3 is 5.97 Å². The zero-order valence-corrected chi connectivity index (χ0v) is 19.1. The lowest BCUT2D eigenvalue weighted by Gasteiger charge is -2.16. The molecule has 0 aliphatic heterocycles. The van der Waals surface area contributed by atoms with Crippen LogP contribution >= 0.6 is 11.6 Å². The number of hydrogen-bond acceptors (Lipinski definition) is 5. The molecule has 0 aliphatic rings. The minimum Gasteiger partial charge on any atom is -0.491 e. The van der Waals surface area contributed by atoms with Crippen LogP contribution in [0.3, 0.4) is 0 Å². The Morgan fingerprint density at radius 1 is 1.09 bits per heavy atom. The second kappa shape index (κ2) is 10.7. The van der Waals surface area contributed by atoms with E-state index >= 15 is 0 Å². The zero-order valence-electron chi connectivity index (χ0n) is 18.3. The topological polar surface area (TPSA) is 90.2 Å². The maximum absolute atomic E-state index is 11.6. The van der Waals surface area contributed by atoms with Crippen LogP contribution in [0.4, 0.5) is 0 Å². The van der Waals surface area contributed by atoms with Gasteiger partial charge in [0.15, 0.2) is 6.10 Å². The Bertz CT molecular complexity index is 1060. The van der Waals surface area contributed by atoms with Crippen molar-refractivity contribution >= 4 is 28.5 Å². The van der Waals surface area contributed by atoms with Gasteiger partial charge in [0, 0.05) is 35.6 Å². The van der Waals surface area contributed by atoms with Gasteiger partial charge < -0.3 is 29.0 Å². The Kier molecular flexibility index (Phi) is 8.01. The first-order chi connectivity index (χ1) is 15.2. The Labute approximate surface area is 192 Å². The molecule has 0 spiro atoms. The van der Waals surface area contributed by atoms with Crippen LogP contribution in [0.15, 0.2) is 48.7 Å². The van der Waals surface area contributed by atoms with Crippen LogP contribution < -0.4 is 9.47 Å². The largest absolute Gasteiger partial charge is 0.491 e. The monoisotopic (exact) mass is 461 g/mol.